The zero-order valence-corrected chi connectivity index (χ0v) is 12.8. The van der Waals surface area contributed by atoms with E-state index in [2.05, 4.69) is 22.4 Å². The highest BCUT2D eigenvalue weighted by Crippen LogP contribution is 2.28. The minimum atomic E-state index is 0.880. The molecular weight excluding hydrogens is 260 g/mol. The number of methoxy groups -OCH3 is 1. The number of nitrogens with one attached hydrogen (secondary N) is 1. The van der Waals surface area contributed by atoms with E-state index < -0.39 is 0 Å². The summed E-state index contributed by atoms with van der Waals surface area (Å²) < 4.78 is 5.32. The molecule has 3 heteroatoms. The van der Waals surface area contributed by atoms with Gasteiger partial charge in [-0.25, -0.2) is 4.98 Å². The summed E-state index contributed by atoms with van der Waals surface area (Å²) in [5.41, 5.74) is 0. The first-order valence-electron chi connectivity index (χ1n) is 8.03. The molecule has 0 atom stereocenters. The molecule has 2 aromatic rings. The van der Waals surface area contributed by atoms with Crippen LogP contribution in [0, 0.1) is 5.92 Å². The average molecular weight is 284 g/mol. The van der Waals surface area contributed by atoms with E-state index in [-0.39, 0.29) is 0 Å². The van der Waals surface area contributed by atoms with Gasteiger partial charge in [0.05, 0.1) is 7.11 Å². The second kappa shape index (κ2) is 6.79. The van der Waals surface area contributed by atoms with Crippen LogP contribution < -0.4 is 10.1 Å². The molecule has 1 N–H and O–H groups in total. The van der Waals surface area contributed by atoms with Gasteiger partial charge in [0.1, 0.15) is 11.6 Å². The van der Waals surface area contributed by atoms with Crippen molar-refractivity contribution >= 4 is 16.6 Å². The van der Waals surface area contributed by atoms with Gasteiger partial charge in [-0.2, -0.15) is 0 Å². The lowest BCUT2D eigenvalue weighted by Gasteiger charge is -2.21. The standard InChI is InChI=1S/C18H24N2O/c1-21-16-8-7-15-10-12-20-18(17(15)13-16)19-11-9-14-5-3-2-4-6-14/h7-8,10,12-14H,2-6,9,11H2,1H3,(H,19,20). The number of hydrogen-bond acceptors (Lipinski definition) is 3. The summed E-state index contributed by atoms with van der Waals surface area (Å²) in [5.74, 6) is 2.75. The summed E-state index contributed by atoms with van der Waals surface area (Å²) >= 11 is 0. The number of pyridine rings is 1. The average Bonchev–Trinajstić information content (AvgIpc) is 2.55. The Morgan fingerprint density at radius 3 is 2.86 bits per heavy atom. The highest BCUT2D eigenvalue weighted by molar-refractivity contribution is 5.92. The molecule has 0 saturated heterocycles. The van der Waals surface area contributed by atoms with E-state index in [0.29, 0.717) is 0 Å². The quantitative estimate of drug-likeness (QED) is 0.869. The molecule has 0 radical (unpaired) electrons. The van der Waals surface area contributed by atoms with Gasteiger partial charge in [-0.15, -0.1) is 0 Å². The molecule has 0 spiro atoms. The molecule has 1 fully saturated rings. The molecule has 3 rings (SSSR count). The van der Waals surface area contributed by atoms with Crippen molar-refractivity contribution < 1.29 is 4.74 Å². The van der Waals surface area contributed by atoms with Gasteiger partial charge in [0, 0.05) is 18.1 Å². The Bertz CT molecular complexity index is 591. The molecule has 0 aliphatic heterocycles. The summed E-state index contributed by atoms with van der Waals surface area (Å²) in [6, 6.07) is 8.18. The molecule has 112 valence electrons. The van der Waals surface area contributed by atoms with Crippen LogP contribution in [0.3, 0.4) is 0 Å². The number of anilines is 1. The monoisotopic (exact) mass is 284 g/mol. The van der Waals surface area contributed by atoms with Crippen molar-refractivity contribution in [1.82, 2.24) is 4.98 Å². The predicted molar refractivity (Wildman–Crippen MR) is 88.0 cm³/mol. The van der Waals surface area contributed by atoms with E-state index in [9.17, 15) is 0 Å². The third-order valence-corrected chi connectivity index (χ3v) is 4.54. The third-order valence-electron chi connectivity index (χ3n) is 4.54. The number of fused-ring (bicyclic) bond motifs is 1. The maximum Gasteiger partial charge on any atom is 0.133 e. The number of aromatic nitrogens is 1. The van der Waals surface area contributed by atoms with Gasteiger partial charge in [0.15, 0.2) is 0 Å². The van der Waals surface area contributed by atoms with E-state index in [1.807, 2.05) is 18.3 Å². The zero-order chi connectivity index (χ0) is 14.5. The number of rotatable bonds is 5. The zero-order valence-electron chi connectivity index (χ0n) is 12.8. The Balaban J connectivity index is 1.68. The van der Waals surface area contributed by atoms with Crippen molar-refractivity contribution in [1.29, 1.82) is 0 Å². The highest BCUT2D eigenvalue weighted by atomic mass is 16.5. The molecule has 1 saturated carbocycles. The van der Waals surface area contributed by atoms with Gasteiger partial charge in [-0.1, -0.05) is 38.2 Å². The van der Waals surface area contributed by atoms with Gasteiger partial charge >= 0.3 is 0 Å². The highest BCUT2D eigenvalue weighted by Gasteiger charge is 2.13. The van der Waals surface area contributed by atoms with Gasteiger partial charge in [-0.05, 0) is 35.9 Å². The molecule has 3 nitrogen and oxygen atoms in total. The van der Waals surface area contributed by atoms with E-state index in [0.717, 1.165) is 29.4 Å². The fourth-order valence-corrected chi connectivity index (χ4v) is 3.29. The second-order valence-corrected chi connectivity index (χ2v) is 5.97. The summed E-state index contributed by atoms with van der Waals surface area (Å²) in [6.45, 7) is 1.01. The third kappa shape index (κ3) is 3.46. The van der Waals surface area contributed by atoms with E-state index in [1.54, 1.807) is 7.11 Å². The van der Waals surface area contributed by atoms with Crippen molar-refractivity contribution in [2.75, 3.05) is 19.0 Å². The van der Waals surface area contributed by atoms with Crippen molar-refractivity contribution in [2.45, 2.75) is 38.5 Å². The van der Waals surface area contributed by atoms with Crippen LogP contribution in [-0.4, -0.2) is 18.6 Å². The van der Waals surface area contributed by atoms with Gasteiger partial charge in [0.25, 0.3) is 0 Å². The molecule has 1 aliphatic rings. The first-order valence-corrected chi connectivity index (χ1v) is 8.03. The minimum Gasteiger partial charge on any atom is -0.497 e. The lowest BCUT2D eigenvalue weighted by Crippen LogP contribution is -2.12. The molecule has 1 aromatic carbocycles. The molecule has 0 amide bonds. The van der Waals surface area contributed by atoms with Crippen LogP contribution >= 0.6 is 0 Å². The molecular formula is C18H24N2O. The Labute approximate surface area is 126 Å². The fraction of sp³-hybridized carbons (Fsp3) is 0.500. The molecule has 1 heterocycles. The number of ether oxygens (including phenoxy) is 1. The van der Waals surface area contributed by atoms with Gasteiger partial charge in [0.2, 0.25) is 0 Å². The first-order chi connectivity index (χ1) is 10.4. The maximum absolute atomic E-state index is 5.32. The van der Waals surface area contributed by atoms with Crippen molar-refractivity contribution in [3.05, 3.63) is 30.5 Å². The molecule has 1 aromatic heterocycles. The molecule has 0 bridgehead atoms. The van der Waals surface area contributed by atoms with Gasteiger partial charge in [-0.3, -0.25) is 0 Å². The van der Waals surface area contributed by atoms with Crippen molar-refractivity contribution in [2.24, 2.45) is 5.92 Å². The van der Waals surface area contributed by atoms with Gasteiger partial charge < -0.3 is 10.1 Å². The second-order valence-electron chi connectivity index (χ2n) is 5.97. The van der Waals surface area contributed by atoms with E-state index >= 15 is 0 Å². The smallest absolute Gasteiger partial charge is 0.133 e. The number of nitrogens with zero attached hydrogens (tertiary/aromatic N) is 1. The Hall–Kier alpha value is -1.77. The van der Waals surface area contributed by atoms with Crippen LogP contribution in [0.15, 0.2) is 30.5 Å². The van der Waals surface area contributed by atoms with Crippen LogP contribution in [0.4, 0.5) is 5.82 Å². The van der Waals surface area contributed by atoms with Crippen LogP contribution in [0.25, 0.3) is 10.8 Å². The van der Waals surface area contributed by atoms with Crippen LogP contribution in [0.2, 0.25) is 0 Å². The molecule has 0 unspecified atom stereocenters. The summed E-state index contributed by atoms with van der Waals surface area (Å²) in [7, 11) is 1.70. The number of benzene rings is 1. The SMILES string of the molecule is COc1ccc2ccnc(NCCC3CCCCC3)c2c1. The maximum atomic E-state index is 5.32. The lowest BCUT2D eigenvalue weighted by atomic mass is 9.87. The number of hydrogen-bond donors (Lipinski definition) is 1. The van der Waals surface area contributed by atoms with Crippen molar-refractivity contribution in [3.8, 4) is 5.75 Å². The minimum absolute atomic E-state index is 0.880. The lowest BCUT2D eigenvalue weighted by molar-refractivity contribution is 0.345. The first kappa shape index (κ1) is 14.2. The van der Waals surface area contributed by atoms with Crippen LogP contribution in [0.1, 0.15) is 38.5 Å². The van der Waals surface area contributed by atoms with Crippen LogP contribution in [0.5, 0.6) is 5.75 Å². The summed E-state index contributed by atoms with van der Waals surface area (Å²) in [5, 5.41) is 5.86. The van der Waals surface area contributed by atoms with E-state index in [4.69, 9.17) is 4.74 Å². The Morgan fingerprint density at radius 1 is 1.19 bits per heavy atom. The van der Waals surface area contributed by atoms with E-state index in [1.165, 1.54) is 43.9 Å². The Morgan fingerprint density at radius 2 is 2.05 bits per heavy atom. The van der Waals surface area contributed by atoms with Crippen molar-refractivity contribution in [3.63, 3.8) is 0 Å². The van der Waals surface area contributed by atoms with Crippen LogP contribution in [-0.2, 0) is 0 Å². The normalized spacial score (nSPS) is 16.0. The molecule has 1 aliphatic carbocycles. The Kier molecular flexibility index (Phi) is 4.59. The largest absolute Gasteiger partial charge is 0.497 e. The molecule has 21 heavy (non-hydrogen) atoms. The fourth-order valence-electron chi connectivity index (χ4n) is 3.29. The summed E-state index contributed by atoms with van der Waals surface area (Å²) in [6.07, 6.45) is 10.2. The summed E-state index contributed by atoms with van der Waals surface area (Å²) in [4.78, 5) is 4.50. The topological polar surface area (TPSA) is 34.1 Å². The predicted octanol–water partition coefficient (Wildman–Crippen LogP) is 4.63.